The van der Waals surface area contributed by atoms with Crippen molar-refractivity contribution in [3.05, 3.63) is 60.3 Å². The van der Waals surface area contributed by atoms with Crippen LogP contribution < -0.4 is 9.47 Å². The summed E-state index contributed by atoms with van der Waals surface area (Å²) < 4.78 is 13.0. The van der Waals surface area contributed by atoms with Crippen LogP contribution in [0.5, 0.6) is 11.6 Å². The van der Waals surface area contributed by atoms with Gasteiger partial charge in [-0.1, -0.05) is 24.3 Å². The van der Waals surface area contributed by atoms with E-state index in [4.69, 9.17) is 9.47 Å². The number of hydrogen-bond donors (Lipinski definition) is 0. The molecule has 9 nitrogen and oxygen atoms in total. The van der Waals surface area contributed by atoms with E-state index in [2.05, 4.69) is 30.5 Å². The van der Waals surface area contributed by atoms with Gasteiger partial charge in [-0.25, -0.2) is 9.67 Å². The fourth-order valence-corrected chi connectivity index (χ4v) is 3.74. The molecule has 2 atom stereocenters. The summed E-state index contributed by atoms with van der Waals surface area (Å²) in [7, 11) is 3.46. The van der Waals surface area contributed by atoms with Gasteiger partial charge in [-0.3, -0.25) is 4.98 Å². The summed E-state index contributed by atoms with van der Waals surface area (Å²) in [6.45, 7) is 2.45. The minimum Gasteiger partial charge on any atom is -0.495 e. The molecule has 0 saturated heterocycles. The molecule has 1 unspecified atom stereocenters. The van der Waals surface area contributed by atoms with Crippen molar-refractivity contribution in [3.63, 3.8) is 0 Å². The van der Waals surface area contributed by atoms with E-state index >= 15 is 0 Å². The number of hydrogen-bond acceptors (Lipinski definition) is 8. The van der Waals surface area contributed by atoms with Gasteiger partial charge in [0.25, 0.3) is 0 Å². The van der Waals surface area contributed by atoms with E-state index in [1.54, 1.807) is 18.0 Å². The summed E-state index contributed by atoms with van der Waals surface area (Å²) in [6.07, 6.45) is 4.63. The molecule has 4 aromatic rings. The number of pyridine rings is 1. The zero-order chi connectivity index (χ0) is 22.1. The van der Waals surface area contributed by atoms with Crippen LogP contribution in [0.25, 0.3) is 22.5 Å². The first-order valence-corrected chi connectivity index (χ1v) is 10.4. The van der Waals surface area contributed by atoms with Crippen LogP contribution in [0.3, 0.4) is 0 Å². The van der Waals surface area contributed by atoms with Crippen molar-refractivity contribution in [2.45, 2.75) is 19.3 Å². The van der Waals surface area contributed by atoms with Gasteiger partial charge in [-0.15, -0.1) is 5.10 Å². The second-order valence-corrected chi connectivity index (χ2v) is 7.88. The largest absolute Gasteiger partial charge is 0.495 e. The van der Waals surface area contributed by atoms with E-state index in [-0.39, 0.29) is 0 Å². The van der Waals surface area contributed by atoms with E-state index in [9.17, 15) is 0 Å². The van der Waals surface area contributed by atoms with Crippen LogP contribution in [0.2, 0.25) is 0 Å². The molecule has 0 aliphatic heterocycles. The van der Waals surface area contributed by atoms with Gasteiger partial charge in [-0.2, -0.15) is 4.98 Å². The Balaban J connectivity index is 1.30. The minimum atomic E-state index is 0.409. The SMILES string of the molecule is COc1ccc([C@@H]2CC2COc2nc(C)ncc2-c2ccc(-c3nnnn3C)cc2)nc1. The third kappa shape index (κ3) is 4.01. The Labute approximate surface area is 185 Å². The molecule has 0 N–H and O–H groups in total. The van der Waals surface area contributed by atoms with Crippen molar-refractivity contribution in [1.82, 2.24) is 35.2 Å². The fraction of sp³-hybridized carbons (Fsp3) is 0.304. The Morgan fingerprint density at radius 2 is 1.84 bits per heavy atom. The first-order valence-electron chi connectivity index (χ1n) is 10.4. The van der Waals surface area contributed by atoms with Crippen LogP contribution in [0, 0.1) is 12.8 Å². The smallest absolute Gasteiger partial charge is 0.224 e. The quantitative estimate of drug-likeness (QED) is 0.441. The van der Waals surface area contributed by atoms with Gasteiger partial charge in [0.2, 0.25) is 5.88 Å². The lowest BCUT2D eigenvalue weighted by Gasteiger charge is -2.11. The maximum absolute atomic E-state index is 6.17. The van der Waals surface area contributed by atoms with Gasteiger partial charge in [0.15, 0.2) is 5.82 Å². The summed E-state index contributed by atoms with van der Waals surface area (Å²) in [6, 6.07) is 12.0. The molecule has 1 saturated carbocycles. The summed E-state index contributed by atoms with van der Waals surface area (Å²) in [4.78, 5) is 13.4. The lowest BCUT2D eigenvalue weighted by Crippen LogP contribution is -2.05. The van der Waals surface area contributed by atoms with E-state index < -0.39 is 0 Å². The highest BCUT2D eigenvalue weighted by Gasteiger charge is 2.40. The number of tetrazole rings is 1. The summed E-state index contributed by atoms with van der Waals surface area (Å²) in [5, 5.41) is 11.6. The van der Waals surface area contributed by atoms with Crippen LogP contribution in [0.15, 0.2) is 48.8 Å². The second kappa shape index (κ2) is 8.33. The van der Waals surface area contributed by atoms with E-state index in [1.807, 2.05) is 56.6 Å². The molecule has 9 heteroatoms. The predicted octanol–water partition coefficient (Wildman–Crippen LogP) is 3.23. The fourth-order valence-electron chi connectivity index (χ4n) is 3.74. The lowest BCUT2D eigenvalue weighted by molar-refractivity contribution is 0.285. The number of methoxy groups -OCH3 is 1. The third-order valence-electron chi connectivity index (χ3n) is 5.68. The maximum atomic E-state index is 6.17. The molecule has 1 aliphatic rings. The van der Waals surface area contributed by atoms with Crippen molar-refractivity contribution in [2.75, 3.05) is 13.7 Å². The molecule has 162 valence electrons. The Morgan fingerprint density at radius 3 is 2.53 bits per heavy atom. The summed E-state index contributed by atoms with van der Waals surface area (Å²) in [5.41, 5.74) is 3.85. The number of rotatable bonds is 7. The number of nitrogens with zero attached hydrogens (tertiary/aromatic N) is 7. The number of ether oxygens (including phenoxy) is 2. The Hall–Kier alpha value is -3.88. The Morgan fingerprint density at radius 1 is 1.03 bits per heavy atom. The molecular weight excluding hydrogens is 406 g/mol. The van der Waals surface area contributed by atoms with Crippen LogP contribution in [0.1, 0.15) is 23.9 Å². The van der Waals surface area contributed by atoms with Crippen molar-refractivity contribution in [2.24, 2.45) is 13.0 Å². The molecule has 0 spiro atoms. The van der Waals surface area contributed by atoms with E-state index in [0.717, 1.165) is 34.6 Å². The average Bonchev–Trinajstić information content (AvgIpc) is 3.48. The van der Waals surface area contributed by atoms with Gasteiger partial charge in [-0.05, 0) is 41.5 Å². The van der Waals surface area contributed by atoms with Crippen LogP contribution in [0.4, 0.5) is 0 Å². The molecule has 1 aliphatic carbocycles. The van der Waals surface area contributed by atoms with Crippen molar-refractivity contribution >= 4 is 0 Å². The second-order valence-electron chi connectivity index (χ2n) is 7.88. The standard InChI is InChI=1S/C23H23N7O2/c1-14-24-12-20(15-4-6-16(7-5-15)22-27-28-29-30(22)2)23(26-14)32-13-17-10-19(17)21-9-8-18(31-3)11-25-21/h4-9,11-12,17,19H,10,13H2,1-3H3/t17?,19-/m1/s1. The van der Waals surface area contributed by atoms with E-state index in [1.165, 1.54) is 0 Å². The maximum Gasteiger partial charge on any atom is 0.224 e. The zero-order valence-corrected chi connectivity index (χ0v) is 18.1. The molecule has 0 radical (unpaired) electrons. The molecule has 3 aromatic heterocycles. The number of aromatic nitrogens is 7. The lowest BCUT2D eigenvalue weighted by atomic mass is 10.1. The van der Waals surface area contributed by atoms with Crippen LogP contribution >= 0.6 is 0 Å². The van der Waals surface area contributed by atoms with Crippen LogP contribution in [-0.2, 0) is 7.05 Å². The molecule has 1 aromatic carbocycles. The Bertz CT molecular complexity index is 1220. The third-order valence-corrected chi connectivity index (χ3v) is 5.68. The summed E-state index contributed by atoms with van der Waals surface area (Å²) >= 11 is 0. The monoisotopic (exact) mass is 429 g/mol. The number of benzene rings is 1. The van der Waals surface area contributed by atoms with Crippen molar-refractivity contribution < 1.29 is 9.47 Å². The average molecular weight is 429 g/mol. The molecule has 5 rings (SSSR count). The first-order chi connectivity index (χ1) is 15.6. The van der Waals surface area contributed by atoms with Crippen molar-refractivity contribution in [1.29, 1.82) is 0 Å². The topological polar surface area (TPSA) is 101 Å². The highest BCUT2D eigenvalue weighted by Crippen LogP contribution is 2.47. The van der Waals surface area contributed by atoms with Gasteiger partial charge in [0.05, 0.1) is 25.5 Å². The van der Waals surface area contributed by atoms with Gasteiger partial charge >= 0.3 is 0 Å². The normalized spacial score (nSPS) is 17.2. The van der Waals surface area contributed by atoms with Crippen molar-refractivity contribution in [3.8, 4) is 34.1 Å². The first kappa shape index (κ1) is 20.0. The van der Waals surface area contributed by atoms with Gasteiger partial charge < -0.3 is 9.47 Å². The summed E-state index contributed by atoms with van der Waals surface area (Å²) in [5.74, 6) is 3.58. The Kier molecular flexibility index (Phi) is 5.22. The van der Waals surface area contributed by atoms with Gasteiger partial charge in [0.1, 0.15) is 11.6 Å². The minimum absolute atomic E-state index is 0.409. The molecule has 1 fully saturated rings. The molecule has 32 heavy (non-hydrogen) atoms. The molecule has 3 heterocycles. The highest BCUT2D eigenvalue weighted by molar-refractivity contribution is 5.70. The van der Waals surface area contributed by atoms with Gasteiger partial charge in [0, 0.05) is 36.3 Å². The number of aryl methyl sites for hydroxylation is 2. The van der Waals surface area contributed by atoms with Crippen LogP contribution in [-0.4, -0.2) is 48.9 Å². The predicted molar refractivity (Wildman–Crippen MR) is 117 cm³/mol. The zero-order valence-electron chi connectivity index (χ0n) is 18.1. The molecule has 0 bridgehead atoms. The van der Waals surface area contributed by atoms with E-state index in [0.29, 0.717) is 36.0 Å². The highest BCUT2D eigenvalue weighted by atomic mass is 16.5. The molecular formula is C23H23N7O2. The molecule has 0 amide bonds.